The van der Waals surface area contributed by atoms with E-state index in [1.807, 2.05) is 4.90 Å². The Hall–Kier alpha value is -3.30. The van der Waals surface area contributed by atoms with Gasteiger partial charge in [0.1, 0.15) is 11.9 Å². The minimum absolute atomic E-state index is 0.0767. The first-order chi connectivity index (χ1) is 16.3. The highest BCUT2D eigenvalue weighted by Crippen LogP contribution is 2.41. The number of pyridine rings is 2. The van der Waals surface area contributed by atoms with E-state index in [-0.39, 0.29) is 34.1 Å². The van der Waals surface area contributed by atoms with Gasteiger partial charge in [0.05, 0.1) is 30.6 Å². The lowest BCUT2D eigenvalue weighted by atomic mass is 10.1. The van der Waals surface area contributed by atoms with Crippen LogP contribution in [0.5, 0.6) is 11.5 Å². The molecule has 1 fully saturated rings. The molecule has 8 nitrogen and oxygen atoms in total. The number of halogens is 3. The molecule has 1 aliphatic heterocycles. The number of nitrogen functional groups attached to an aromatic ring is 1. The van der Waals surface area contributed by atoms with Gasteiger partial charge in [0.25, 0.3) is 0 Å². The lowest BCUT2D eigenvalue weighted by molar-refractivity contribution is -0.120. The molecule has 1 aliphatic rings. The van der Waals surface area contributed by atoms with E-state index in [9.17, 15) is 9.18 Å². The molecule has 0 aliphatic carbocycles. The molecule has 0 unspecified atom stereocenters. The number of methoxy groups -OCH3 is 1. The summed E-state index contributed by atoms with van der Waals surface area (Å²) in [6, 6.07) is 4.29. The van der Waals surface area contributed by atoms with Gasteiger partial charge in [-0.05, 0) is 25.1 Å². The van der Waals surface area contributed by atoms with Crippen LogP contribution in [0.2, 0.25) is 10.0 Å². The van der Waals surface area contributed by atoms with Crippen molar-refractivity contribution in [3.05, 3.63) is 58.2 Å². The minimum Gasteiger partial charge on any atom is -0.494 e. The lowest BCUT2D eigenvalue weighted by Crippen LogP contribution is -2.47. The van der Waals surface area contributed by atoms with Crippen molar-refractivity contribution >= 4 is 40.6 Å². The number of rotatable bonds is 6. The summed E-state index contributed by atoms with van der Waals surface area (Å²) in [5.41, 5.74) is 8.30. The van der Waals surface area contributed by atoms with E-state index in [0.29, 0.717) is 41.2 Å². The number of piperazine rings is 1. The molecule has 178 valence electrons. The van der Waals surface area contributed by atoms with Crippen LogP contribution in [-0.4, -0.2) is 42.6 Å². The third-order valence-electron chi connectivity index (χ3n) is 5.44. The minimum atomic E-state index is -0.715. The summed E-state index contributed by atoms with van der Waals surface area (Å²) in [6.07, 6.45) is 4.14. The number of nitrogens with two attached hydrogens (primary N) is 1. The zero-order chi connectivity index (χ0) is 24.4. The molecule has 3 aromatic rings. The topological polar surface area (TPSA) is 103 Å². The quantitative estimate of drug-likeness (QED) is 0.482. The first kappa shape index (κ1) is 23.8. The molecule has 1 atom stereocenters. The van der Waals surface area contributed by atoms with Gasteiger partial charge in [-0.1, -0.05) is 23.2 Å². The highest BCUT2D eigenvalue weighted by atomic mass is 35.5. The van der Waals surface area contributed by atoms with Crippen LogP contribution in [0.25, 0.3) is 11.1 Å². The molecule has 1 aromatic carbocycles. The van der Waals surface area contributed by atoms with Gasteiger partial charge in [-0.3, -0.25) is 9.78 Å². The average Bonchev–Trinajstić information content (AvgIpc) is 2.82. The fourth-order valence-electron chi connectivity index (χ4n) is 3.79. The van der Waals surface area contributed by atoms with E-state index >= 15 is 0 Å². The average molecular weight is 506 g/mol. The largest absolute Gasteiger partial charge is 0.494 e. The van der Waals surface area contributed by atoms with Crippen LogP contribution in [0.4, 0.5) is 15.9 Å². The Labute approximate surface area is 205 Å². The van der Waals surface area contributed by atoms with Crippen molar-refractivity contribution in [2.75, 3.05) is 37.4 Å². The molecule has 4 rings (SSSR count). The summed E-state index contributed by atoms with van der Waals surface area (Å²) in [5, 5.41) is 2.95. The van der Waals surface area contributed by atoms with Crippen molar-refractivity contribution < 1.29 is 18.7 Å². The van der Waals surface area contributed by atoms with Crippen molar-refractivity contribution in [3.8, 4) is 22.6 Å². The van der Waals surface area contributed by atoms with Gasteiger partial charge in [0.2, 0.25) is 5.91 Å². The molecule has 1 saturated heterocycles. The van der Waals surface area contributed by atoms with Crippen LogP contribution >= 0.6 is 23.2 Å². The van der Waals surface area contributed by atoms with Crippen LogP contribution in [0.1, 0.15) is 18.6 Å². The Kier molecular flexibility index (Phi) is 6.95. The van der Waals surface area contributed by atoms with E-state index in [1.165, 1.54) is 12.1 Å². The number of nitrogens with zero attached hydrogens (tertiary/aromatic N) is 3. The summed E-state index contributed by atoms with van der Waals surface area (Å²) < 4.78 is 25.7. The monoisotopic (exact) mass is 505 g/mol. The van der Waals surface area contributed by atoms with Gasteiger partial charge in [0, 0.05) is 47.2 Å². The van der Waals surface area contributed by atoms with Gasteiger partial charge in [-0.15, -0.1) is 0 Å². The first-order valence-electron chi connectivity index (χ1n) is 10.4. The van der Waals surface area contributed by atoms with E-state index in [1.54, 1.807) is 38.7 Å². The summed E-state index contributed by atoms with van der Waals surface area (Å²) in [6.45, 7) is 3.02. The predicted octanol–water partition coefficient (Wildman–Crippen LogP) is 4.26. The molecule has 1 amide bonds. The third kappa shape index (κ3) is 4.67. The fourth-order valence-corrected chi connectivity index (χ4v) is 4.47. The smallest absolute Gasteiger partial charge is 0.239 e. The first-order valence-corrected chi connectivity index (χ1v) is 11.1. The molecule has 3 N–H and O–H groups in total. The molecule has 34 heavy (non-hydrogen) atoms. The van der Waals surface area contributed by atoms with Gasteiger partial charge < -0.3 is 25.4 Å². The van der Waals surface area contributed by atoms with Crippen LogP contribution in [-0.2, 0) is 4.79 Å². The molecule has 2 aromatic heterocycles. The van der Waals surface area contributed by atoms with Crippen LogP contribution in [0, 0.1) is 5.82 Å². The number of carbonyl (C=O) groups is 1. The molecule has 0 saturated carbocycles. The normalized spacial score (nSPS) is 14.5. The highest BCUT2D eigenvalue weighted by Gasteiger charge is 2.24. The SMILES string of the molecule is COc1c(-c2cnc(N)c(O[C@H](C)c3c(Cl)ccc(F)c3Cl)c2)cncc1N1CCNC(=O)C1. The number of ether oxygens (including phenoxy) is 2. The maximum atomic E-state index is 14.0. The number of nitrogens with one attached hydrogen (secondary N) is 1. The van der Waals surface area contributed by atoms with Gasteiger partial charge in [-0.25, -0.2) is 9.37 Å². The van der Waals surface area contributed by atoms with Crippen molar-refractivity contribution in [3.63, 3.8) is 0 Å². The summed E-state index contributed by atoms with van der Waals surface area (Å²) in [4.78, 5) is 22.4. The Bertz CT molecular complexity index is 1240. The van der Waals surface area contributed by atoms with Crippen molar-refractivity contribution in [2.45, 2.75) is 13.0 Å². The van der Waals surface area contributed by atoms with E-state index in [2.05, 4.69) is 15.3 Å². The van der Waals surface area contributed by atoms with E-state index in [4.69, 9.17) is 38.4 Å². The lowest BCUT2D eigenvalue weighted by Gasteiger charge is -2.30. The Morgan fingerprint density at radius 2 is 2.06 bits per heavy atom. The second-order valence-corrected chi connectivity index (χ2v) is 8.42. The standard InChI is InChI=1S/C23H22Cl2FN5O3/c1-12(20-15(24)3-4-16(26)21(20)25)34-18-7-13(8-30-23(18)27)14-9-28-10-17(22(14)33-2)31-6-5-29-19(32)11-31/h3-4,7-10,12H,5-6,11H2,1-2H3,(H2,27,30)(H,29,32)/t12-/m1/s1. The Morgan fingerprint density at radius 1 is 1.26 bits per heavy atom. The van der Waals surface area contributed by atoms with Crippen LogP contribution < -0.4 is 25.4 Å². The maximum absolute atomic E-state index is 14.0. The second kappa shape index (κ2) is 9.90. The maximum Gasteiger partial charge on any atom is 0.239 e. The molecule has 3 heterocycles. The van der Waals surface area contributed by atoms with Crippen molar-refractivity contribution in [1.82, 2.24) is 15.3 Å². The number of hydrogen-bond acceptors (Lipinski definition) is 7. The third-order valence-corrected chi connectivity index (χ3v) is 6.16. The molecule has 0 radical (unpaired) electrons. The van der Waals surface area contributed by atoms with Gasteiger partial charge >= 0.3 is 0 Å². The molecule has 0 bridgehead atoms. The number of carbonyl (C=O) groups excluding carboxylic acids is 1. The predicted molar refractivity (Wildman–Crippen MR) is 129 cm³/mol. The van der Waals surface area contributed by atoms with E-state index < -0.39 is 11.9 Å². The molecular formula is C23H22Cl2FN5O3. The Morgan fingerprint density at radius 3 is 2.79 bits per heavy atom. The zero-order valence-corrected chi connectivity index (χ0v) is 20.0. The number of anilines is 2. The molecule has 11 heteroatoms. The molecule has 0 spiro atoms. The van der Waals surface area contributed by atoms with Crippen LogP contribution in [0.15, 0.2) is 36.8 Å². The highest BCUT2D eigenvalue weighted by molar-refractivity contribution is 6.36. The van der Waals surface area contributed by atoms with Crippen molar-refractivity contribution in [1.29, 1.82) is 0 Å². The Balaban J connectivity index is 1.70. The summed E-state index contributed by atoms with van der Waals surface area (Å²) in [5.74, 6) is 0.246. The zero-order valence-electron chi connectivity index (χ0n) is 18.4. The number of amides is 1. The fraction of sp³-hybridized carbons (Fsp3) is 0.261. The van der Waals surface area contributed by atoms with Crippen LogP contribution in [0.3, 0.4) is 0 Å². The number of hydrogen-bond donors (Lipinski definition) is 2. The number of aromatic nitrogens is 2. The summed E-state index contributed by atoms with van der Waals surface area (Å²) in [7, 11) is 1.55. The van der Waals surface area contributed by atoms with Crippen molar-refractivity contribution in [2.24, 2.45) is 0 Å². The van der Waals surface area contributed by atoms with Gasteiger partial charge in [-0.2, -0.15) is 0 Å². The van der Waals surface area contributed by atoms with E-state index in [0.717, 1.165) is 0 Å². The molecular weight excluding hydrogens is 484 g/mol. The number of benzene rings is 1. The second-order valence-electron chi connectivity index (χ2n) is 7.64. The summed E-state index contributed by atoms with van der Waals surface area (Å²) >= 11 is 12.4. The van der Waals surface area contributed by atoms with Gasteiger partial charge in [0.15, 0.2) is 17.3 Å².